The van der Waals surface area contributed by atoms with Crippen LogP contribution in [-0.4, -0.2) is 35.8 Å². The molecule has 162 valence electrons. The minimum Gasteiger partial charge on any atom is -0.381 e. The molecule has 0 spiro atoms. The number of halogens is 3. The maximum Gasteiger partial charge on any atom is 0.270 e. The first-order valence-electron chi connectivity index (χ1n) is 10.5. The van der Waals surface area contributed by atoms with Gasteiger partial charge >= 0.3 is 0 Å². The van der Waals surface area contributed by atoms with E-state index >= 15 is 4.39 Å². The van der Waals surface area contributed by atoms with Crippen molar-refractivity contribution in [1.29, 1.82) is 0 Å². The molecule has 2 heterocycles. The summed E-state index contributed by atoms with van der Waals surface area (Å²) >= 11 is 0. The molecule has 8 heteroatoms. The minimum absolute atomic E-state index is 0.0305. The van der Waals surface area contributed by atoms with Crippen LogP contribution >= 0.6 is 0 Å². The van der Waals surface area contributed by atoms with Crippen molar-refractivity contribution in [3.63, 3.8) is 0 Å². The maximum absolute atomic E-state index is 15.2. The third kappa shape index (κ3) is 5.03. The number of aromatic nitrogens is 2. The van der Waals surface area contributed by atoms with Gasteiger partial charge in [-0.1, -0.05) is 24.3 Å². The van der Waals surface area contributed by atoms with Gasteiger partial charge in [-0.2, -0.15) is 4.39 Å². The summed E-state index contributed by atoms with van der Waals surface area (Å²) in [4.78, 5) is 10.2. The molecule has 30 heavy (non-hydrogen) atoms. The Bertz CT molecular complexity index is 846. The zero-order valence-electron chi connectivity index (χ0n) is 17.1. The third-order valence-electron chi connectivity index (χ3n) is 5.74. The Kier molecular flexibility index (Phi) is 6.13. The zero-order valence-corrected chi connectivity index (χ0v) is 17.1. The number of benzene rings is 1. The molecule has 0 amide bonds. The van der Waals surface area contributed by atoms with Gasteiger partial charge in [0.1, 0.15) is 6.33 Å². The molecule has 2 fully saturated rings. The lowest BCUT2D eigenvalue weighted by Gasteiger charge is -2.26. The van der Waals surface area contributed by atoms with E-state index in [1.807, 2.05) is 4.90 Å². The molecule has 1 saturated heterocycles. The van der Waals surface area contributed by atoms with Gasteiger partial charge in [0, 0.05) is 44.8 Å². The van der Waals surface area contributed by atoms with E-state index < -0.39 is 11.7 Å². The molecule has 0 atom stereocenters. The molecule has 1 N–H and O–H groups in total. The number of rotatable bonds is 8. The molecule has 5 nitrogen and oxygen atoms in total. The average Bonchev–Trinajstić information content (AvgIpc) is 3.57. The maximum atomic E-state index is 15.2. The van der Waals surface area contributed by atoms with Crippen LogP contribution in [0.25, 0.3) is 0 Å². The summed E-state index contributed by atoms with van der Waals surface area (Å²) in [5.41, 5.74) is 0.807. The third-order valence-corrected chi connectivity index (χ3v) is 5.74. The van der Waals surface area contributed by atoms with Crippen LogP contribution in [0.15, 0.2) is 30.6 Å². The summed E-state index contributed by atoms with van der Waals surface area (Å²) in [5.74, 6) is -2.44. The van der Waals surface area contributed by atoms with Crippen molar-refractivity contribution in [3.05, 3.63) is 47.5 Å². The number of hydrogen-bond acceptors (Lipinski definition) is 5. The lowest BCUT2D eigenvalue weighted by atomic mass is 10.0. The standard InChI is InChI=1S/C22H27F3N4O/c1-22(24,25)17-4-2-16(3-5-17)13-29(18-6-7-18)21-19(23)20(27-14-28-21)26-12-15-8-10-30-11-9-15/h2-5,14-15,18H,6-13H2,1H3,(H,26,27,28). The van der Waals surface area contributed by atoms with Crippen molar-refractivity contribution in [1.82, 2.24) is 9.97 Å². The van der Waals surface area contributed by atoms with Crippen LogP contribution in [-0.2, 0) is 17.2 Å². The van der Waals surface area contributed by atoms with Crippen molar-refractivity contribution in [2.45, 2.75) is 51.1 Å². The molecule has 1 aromatic carbocycles. The van der Waals surface area contributed by atoms with Crippen LogP contribution in [0.4, 0.5) is 24.8 Å². The van der Waals surface area contributed by atoms with Crippen molar-refractivity contribution < 1.29 is 17.9 Å². The summed E-state index contributed by atoms with van der Waals surface area (Å²) in [6.07, 6.45) is 5.20. The summed E-state index contributed by atoms with van der Waals surface area (Å²) in [7, 11) is 0. The Morgan fingerprint density at radius 2 is 1.80 bits per heavy atom. The van der Waals surface area contributed by atoms with Crippen LogP contribution < -0.4 is 10.2 Å². The predicted octanol–water partition coefficient (Wildman–Crippen LogP) is 4.73. The molecule has 0 radical (unpaired) electrons. The van der Waals surface area contributed by atoms with Crippen LogP contribution in [0.2, 0.25) is 0 Å². The Hall–Kier alpha value is -2.35. The SMILES string of the molecule is CC(F)(F)c1ccc(CN(c2ncnc(NCC3CCOCC3)c2F)C2CC2)cc1. The van der Waals surface area contributed by atoms with Gasteiger partial charge in [0.25, 0.3) is 5.92 Å². The molecule has 1 saturated carbocycles. The monoisotopic (exact) mass is 420 g/mol. The van der Waals surface area contributed by atoms with Crippen LogP contribution in [0.5, 0.6) is 0 Å². The Morgan fingerprint density at radius 3 is 2.43 bits per heavy atom. The minimum atomic E-state index is -2.88. The second-order valence-corrected chi connectivity index (χ2v) is 8.24. The molecule has 2 aliphatic rings. The highest BCUT2D eigenvalue weighted by atomic mass is 19.3. The highest BCUT2D eigenvalue weighted by Crippen LogP contribution is 2.35. The van der Waals surface area contributed by atoms with Gasteiger partial charge < -0.3 is 15.0 Å². The van der Waals surface area contributed by atoms with Crippen molar-refractivity contribution in [3.8, 4) is 0 Å². The van der Waals surface area contributed by atoms with Gasteiger partial charge in [-0.15, -0.1) is 0 Å². The summed E-state index contributed by atoms with van der Waals surface area (Å²) < 4.78 is 47.5. The lowest BCUT2D eigenvalue weighted by molar-refractivity contribution is 0.0174. The first kappa shape index (κ1) is 20.9. The van der Waals surface area contributed by atoms with Gasteiger partial charge in [-0.05, 0) is 37.2 Å². The highest BCUT2D eigenvalue weighted by Gasteiger charge is 2.33. The molecular weight excluding hydrogens is 393 g/mol. The van der Waals surface area contributed by atoms with E-state index in [0.29, 0.717) is 19.0 Å². The average molecular weight is 420 g/mol. The van der Waals surface area contributed by atoms with E-state index in [-0.39, 0.29) is 23.2 Å². The fraction of sp³-hybridized carbons (Fsp3) is 0.545. The number of ether oxygens (including phenoxy) is 1. The summed E-state index contributed by atoms with van der Waals surface area (Å²) in [6, 6.07) is 6.40. The molecular formula is C22H27F3N4O. The van der Waals surface area contributed by atoms with E-state index in [1.54, 1.807) is 12.1 Å². The fourth-order valence-corrected chi connectivity index (χ4v) is 3.74. The number of nitrogens with zero attached hydrogens (tertiary/aromatic N) is 3. The van der Waals surface area contributed by atoms with Gasteiger partial charge in [0.2, 0.25) is 5.82 Å². The van der Waals surface area contributed by atoms with Crippen LogP contribution in [0.3, 0.4) is 0 Å². The second-order valence-electron chi connectivity index (χ2n) is 8.24. The molecule has 2 aromatic rings. The first-order valence-corrected chi connectivity index (χ1v) is 10.5. The molecule has 0 bridgehead atoms. The van der Waals surface area contributed by atoms with Gasteiger partial charge in [-0.3, -0.25) is 0 Å². The molecule has 4 rings (SSSR count). The normalized spacial score (nSPS) is 17.7. The number of alkyl halides is 2. The largest absolute Gasteiger partial charge is 0.381 e. The number of anilines is 2. The highest BCUT2D eigenvalue weighted by molar-refractivity contribution is 5.52. The predicted molar refractivity (Wildman–Crippen MR) is 109 cm³/mol. The van der Waals surface area contributed by atoms with E-state index in [4.69, 9.17) is 4.74 Å². The Balaban J connectivity index is 1.48. The smallest absolute Gasteiger partial charge is 0.270 e. The Morgan fingerprint density at radius 1 is 1.10 bits per heavy atom. The van der Waals surface area contributed by atoms with Crippen LogP contribution in [0.1, 0.15) is 43.7 Å². The van der Waals surface area contributed by atoms with E-state index in [0.717, 1.165) is 51.4 Å². The molecule has 1 aliphatic carbocycles. The number of nitrogens with one attached hydrogen (secondary N) is 1. The zero-order chi connectivity index (χ0) is 21.1. The lowest BCUT2D eigenvalue weighted by Crippen LogP contribution is -2.28. The molecule has 0 unspecified atom stereocenters. The van der Waals surface area contributed by atoms with Crippen molar-refractivity contribution >= 4 is 11.6 Å². The quantitative estimate of drug-likeness (QED) is 0.669. The van der Waals surface area contributed by atoms with Gasteiger partial charge in [0.05, 0.1) is 0 Å². The fourth-order valence-electron chi connectivity index (χ4n) is 3.74. The van der Waals surface area contributed by atoms with E-state index in [1.165, 1.54) is 18.5 Å². The summed E-state index contributed by atoms with van der Waals surface area (Å²) in [6.45, 7) is 3.41. The second kappa shape index (κ2) is 8.79. The van der Waals surface area contributed by atoms with Gasteiger partial charge in [0.15, 0.2) is 11.6 Å². The Labute approximate surface area is 174 Å². The topological polar surface area (TPSA) is 50.3 Å². The van der Waals surface area contributed by atoms with Gasteiger partial charge in [-0.25, -0.2) is 18.7 Å². The van der Waals surface area contributed by atoms with E-state index in [2.05, 4.69) is 15.3 Å². The number of hydrogen-bond donors (Lipinski definition) is 1. The molecule has 1 aliphatic heterocycles. The van der Waals surface area contributed by atoms with Crippen molar-refractivity contribution in [2.24, 2.45) is 5.92 Å². The van der Waals surface area contributed by atoms with Crippen LogP contribution in [0, 0.1) is 11.7 Å². The van der Waals surface area contributed by atoms with E-state index in [9.17, 15) is 8.78 Å². The molecule has 1 aromatic heterocycles. The first-order chi connectivity index (χ1) is 14.4. The van der Waals surface area contributed by atoms with Crippen molar-refractivity contribution in [2.75, 3.05) is 30.0 Å². The summed E-state index contributed by atoms with van der Waals surface area (Å²) in [5, 5.41) is 3.13.